The fourth-order valence-electron chi connectivity index (χ4n) is 1.49. The largest absolute Gasteiger partial charge is 0.497 e. The highest BCUT2D eigenvalue weighted by Crippen LogP contribution is 2.12. The molecular weight excluding hydrogens is 353 g/mol. The topological polar surface area (TPSA) is 59.6 Å². The Morgan fingerprint density at radius 3 is 2.79 bits per heavy atom. The van der Waals surface area contributed by atoms with Crippen molar-refractivity contribution in [1.82, 2.24) is 5.32 Å². The number of halogens is 1. The Kier molecular flexibility index (Phi) is 9.38. The maximum absolute atomic E-state index is 5.79. The molecule has 0 aromatic heterocycles. The summed E-state index contributed by atoms with van der Waals surface area (Å²) in [6, 6.07) is 7.84. The van der Waals surface area contributed by atoms with E-state index in [4.69, 9.17) is 10.5 Å². The Morgan fingerprint density at radius 2 is 2.16 bits per heavy atom. The van der Waals surface area contributed by atoms with Crippen LogP contribution in [0.2, 0.25) is 0 Å². The van der Waals surface area contributed by atoms with Crippen LogP contribution in [0.3, 0.4) is 0 Å². The maximum Gasteiger partial charge on any atom is 0.188 e. The number of aliphatic imine (C=N–C) groups is 1. The average molecular weight is 377 g/mol. The predicted octanol–water partition coefficient (Wildman–Crippen LogP) is 2.76. The SMILES string of the molecule is COc1cccc(CN=C(N)NCCC(C)C)c1.I. The van der Waals surface area contributed by atoms with Gasteiger partial charge in [-0.25, -0.2) is 4.99 Å². The number of benzene rings is 1. The second-order valence-corrected chi connectivity index (χ2v) is 4.66. The summed E-state index contributed by atoms with van der Waals surface area (Å²) in [6.45, 7) is 5.80. The number of hydrogen-bond donors (Lipinski definition) is 2. The van der Waals surface area contributed by atoms with Gasteiger partial charge in [-0.15, -0.1) is 24.0 Å². The first-order valence-corrected chi connectivity index (χ1v) is 6.28. The fourth-order valence-corrected chi connectivity index (χ4v) is 1.49. The molecule has 0 radical (unpaired) electrons. The third-order valence-electron chi connectivity index (χ3n) is 2.59. The monoisotopic (exact) mass is 377 g/mol. The highest BCUT2D eigenvalue weighted by molar-refractivity contribution is 14.0. The minimum absolute atomic E-state index is 0. The molecule has 3 N–H and O–H groups in total. The molecule has 1 aromatic rings. The normalized spacial score (nSPS) is 11.1. The number of nitrogens with one attached hydrogen (secondary N) is 1. The van der Waals surface area contributed by atoms with Gasteiger partial charge in [0.15, 0.2) is 5.96 Å². The van der Waals surface area contributed by atoms with E-state index in [0.717, 1.165) is 24.3 Å². The van der Waals surface area contributed by atoms with Crippen LogP contribution in [0.5, 0.6) is 5.75 Å². The van der Waals surface area contributed by atoms with Gasteiger partial charge in [0, 0.05) is 6.54 Å². The van der Waals surface area contributed by atoms with Gasteiger partial charge in [0.25, 0.3) is 0 Å². The van der Waals surface area contributed by atoms with Gasteiger partial charge >= 0.3 is 0 Å². The van der Waals surface area contributed by atoms with E-state index in [1.165, 1.54) is 0 Å². The van der Waals surface area contributed by atoms with Gasteiger partial charge in [-0.05, 0) is 30.0 Å². The van der Waals surface area contributed by atoms with Crippen molar-refractivity contribution in [1.29, 1.82) is 0 Å². The summed E-state index contributed by atoms with van der Waals surface area (Å²) in [7, 11) is 1.66. The van der Waals surface area contributed by atoms with E-state index in [9.17, 15) is 0 Å². The third-order valence-corrected chi connectivity index (χ3v) is 2.59. The van der Waals surface area contributed by atoms with Crippen LogP contribution in [0, 0.1) is 5.92 Å². The van der Waals surface area contributed by atoms with Gasteiger partial charge in [0.2, 0.25) is 0 Å². The molecule has 0 aliphatic carbocycles. The first kappa shape index (κ1) is 18.0. The Bertz CT molecular complexity index is 394. The molecule has 0 fully saturated rings. The lowest BCUT2D eigenvalue weighted by atomic mass is 10.1. The van der Waals surface area contributed by atoms with Crippen LogP contribution < -0.4 is 15.8 Å². The van der Waals surface area contributed by atoms with E-state index in [2.05, 4.69) is 24.2 Å². The van der Waals surface area contributed by atoms with E-state index in [1.54, 1.807) is 7.11 Å². The Labute approximate surface area is 132 Å². The van der Waals surface area contributed by atoms with Gasteiger partial charge in [0.05, 0.1) is 13.7 Å². The van der Waals surface area contributed by atoms with Gasteiger partial charge in [-0.1, -0.05) is 26.0 Å². The van der Waals surface area contributed by atoms with Crippen LogP contribution >= 0.6 is 24.0 Å². The van der Waals surface area contributed by atoms with Crippen LogP contribution in [0.1, 0.15) is 25.8 Å². The lowest BCUT2D eigenvalue weighted by Gasteiger charge is -2.07. The molecule has 0 spiro atoms. The van der Waals surface area contributed by atoms with Crippen LogP contribution in [0.4, 0.5) is 0 Å². The van der Waals surface area contributed by atoms with Crippen molar-refractivity contribution >= 4 is 29.9 Å². The Hall–Kier alpha value is -0.980. The highest BCUT2D eigenvalue weighted by atomic mass is 127. The molecule has 0 saturated heterocycles. The maximum atomic E-state index is 5.79. The molecule has 5 heteroatoms. The number of ether oxygens (including phenoxy) is 1. The van der Waals surface area contributed by atoms with E-state index in [1.807, 2.05) is 24.3 Å². The van der Waals surface area contributed by atoms with Crippen molar-refractivity contribution in [2.24, 2.45) is 16.6 Å². The summed E-state index contributed by atoms with van der Waals surface area (Å²) in [5, 5.41) is 3.11. The van der Waals surface area contributed by atoms with Gasteiger partial charge < -0.3 is 15.8 Å². The molecule has 1 aromatic carbocycles. The van der Waals surface area contributed by atoms with Crippen molar-refractivity contribution in [2.75, 3.05) is 13.7 Å². The molecular formula is C14H24IN3O. The second kappa shape index (κ2) is 9.89. The smallest absolute Gasteiger partial charge is 0.188 e. The summed E-state index contributed by atoms with van der Waals surface area (Å²) in [5.41, 5.74) is 6.87. The van der Waals surface area contributed by atoms with Crippen molar-refractivity contribution in [2.45, 2.75) is 26.8 Å². The number of methoxy groups -OCH3 is 1. The minimum Gasteiger partial charge on any atom is -0.497 e. The number of rotatable bonds is 6. The molecule has 0 saturated carbocycles. The number of nitrogens with two attached hydrogens (primary N) is 1. The average Bonchev–Trinajstić information content (AvgIpc) is 2.36. The van der Waals surface area contributed by atoms with Crippen LogP contribution in [-0.4, -0.2) is 19.6 Å². The zero-order valence-corrected chi connectivity index (χ0v) is 14.2. The number of guanidine groups is 1. The van der Waals surface area contributed by atoms with Crippen molar-refractivity contribution in [3.63, 3.8) is 0 Å². The molecule has 1 rings (SSSR count). The Balaban J connectivity index is 0.00000324. The zero-order chi connectivity index (χ0) is 13.4. The molecule has 0 atom stereocenters. The van der Waals surface area contributed by atoms with Gasteiger partial charge in [-0.3, -0.25) is 0 Å². The lowest BCUT2D eigenvalue weighted by molar-refractivity contribution is 0.414. The summed E-state index contributed by atoms with van der Waals surface area (Å²) < 4.78 is 5.16. The van der Waals surface area contributed by atoms with Crippen molar-refractivity contribution < 1.29 is 4.74 Å². The highest BCUT2D eigenvalue weighted by Gasteiger charge is 1.97. The quantitative estimate of drug-likeness (QED) is 0.455. The van der Waals surface area contributed by atoms with E-state index in [-0.39, 0.29) is 24.0 Å². The molecule has 0 aliphatic heterocycles. The second-order valence-electron chi connectivity index (χ2n) is 4.66. The third kappa shape index (κ3) is 7.92. The van der Waals surface area contributed by atoms with E-state index >= 15 is 0 Å². The summed E-state index contributed by atoms with van der Waals surface area (Å²) in [4.78, 5) is 4.29. The van der Waals surface area contributed by atoms with Crippen LogP contribution in [0.25, 0.3) is 0 Å². The molecule has 0 bridgehead atoms. The first-order valence-electron chi connectivity index (χ1n) is 6.28. The fraction of sp³-hybridized carbons (Fsp3) is 0.500. The lowest BCUT2D eigenvalue weighted by Crippen LogP contribution is -2.32. The molecule has 19 heavy (non-hydrogen) atoms. The number of hydrogen-bond acceptors (Lipinski definition) is 2. The van der Waals surface area contributed by atoms with Crippen LogP contribution in [0.15, 0.2) is 29.3 Å². The predicted molar refractivity (Wildman–Crippen MR) is 91.2 cm³/mol. The summed E-state index contributed by atoms with van der Waals surface area (Å²) >= 11 is 0. The van der Waals surface area contributed by atoms with E-state index < -0.39 is 0 Å². The molecule has 0 heterocycles. The number of nitrogens with zero attached hydrogens (tertiary/aromatic N) is 1. The van der Waals surface area contributed by atoms with E-state index in [0.29, 0.717) is 18.4 Å². The van der Waals surface area contributed by atoms with Crippen molar-refractivity contribution in [3.05, 3.63) is 29.8 Å². The molecule has 4 nitrogen and oxygen atoms in total. The van der Waals surface area contributed by atoms with Crippen LogP contribution in [-0.2, 0) is 6.54 Å². The molecule has 0 unspecified atom stereocenters. The molecule has 0 aliphatic rings. The van der Waals surface area contributed by atoms with Gasteiger partial charge in [0.1, 0.15) is 5.75 Å². The Morgan fingerprint density at radius 1 is 1.42 bits per heavy atom. The zero-order valence-electron chi connectivity index (χ0n) is 11.8. The standard InChI is InChI=1S/C14H23N3O.HI/c1-11(2)7-8-16-14(15)17-10-12-5-4-6-13(9-12)18-3;/h4-6,9,11H,7-8,10H2,1-3H3,(H3,15,16,17);1H. The molecule has 108 valence electrons. The first-order chi connectivity index (χ1) is 8.61. The minimum atomic E-state index is 0. The van der Waals surface area contributed by atoms with Crippen molar-refractivity contribution in [3.8, 4) is 5.75 Å². The molecule has 0 amide bonds. The van der Waals surface area contributed by atoms with Gasteiger partial charge in [-0.2, -0.15) is 0 Å². The summed E-state index contributed by atoms with van der Waals surface area (Å²) in [6.07, 6.45) is 1.09. The summed E-state index contributed by atoms with van der Waals surface area (Å²) in [5.74, 6) is 2.01.